The minimum atomic E-state index is -4.64. The van der Waals surface area contributed by atoms with Gasteiger partial charge in [0.2, 0.25) is 47.6 Å². The average Bonchev–Trinajstić information content (AvgIpc) is 0.882. The summed E-state index contributed by atoms with van der Waals surface area (Å²) in [5.74, 6) is -6.85. The van der Waals surface area contributed by atoms with Crippen molar-refractivity contribution in [1.29, 1.82) is 0 Å². The molecule has 7 unspecified atom stereocenters. The number of halogens is 11. The molecule has 7 aromatic carbocycles. The van der Waals surface area contributed by atoms with Crippen LogP contribution in [0.5, 0.6) is 0 Å². The average molecular weight is 1690 g/mol. The lowest BCUT2D eigenvalue weighted by atomic mass is 10.1. The lowest BCUT2D eigenvalue weighted by Gasteiger charge is -2.26. The van der Waals surface area contributed by atoms with Crippen LogP contribution in [0.3, 0.4) is 0 Å². The van der Waals surface area contributed by atoms with Gasteiger partial charge in [-0.2, -0.15) is 13.2 Å². The van der Waals surface area contributed by atoms with Crippen LogP contribution in [0.2, 0.25) is 0 Å². The summed E-state index contributed by atoms with van der Waals surface area (Å²) in [6.07, 6.45) is 2.98. The number of carbonyl (C=O) groups is 8. The summed E-state index contributed by atoms with van der Waals surface area (Å²) < 4.78 is 138. The van der Waals surface area contributed by atoms with Gasteiger partial charge in [-0.1, -0.05) is 84.9 Å². The van der Waals surface area contributed by atoms with E-state index in [1.807, 2.05) is 24.3 Å². The zero-order chi connectivity index (χ0) is 89.3. The number of ether oxygens (including phenoxy) is 1. The number of nitrogens with zero attached hydrogens (tertiary/aromatic N) is 3. The van der Waals surface area contributed by atoms with Crippen molar-refractivity contribution < 1.29 is 91.4 Å². The van der Waals surface area contributed by atoms with Gasteiger partial charge in [-0.05, 0) is 198 Å². The summed E-state index contributed by atoms with van der Waals surface area (Å²) in [7, 11) is 0. The van der Waals surface area contributed by atoms with E-state index in [4.69, 9.17) is 72.6 Å². The van der Waals surface area contributed by atoms with Gasteiger partial charge in [0.25, 0.3) is 0 Å². The summed E-state index contributed by atoms with van der Waals surface area (Å²) in [6.45, 7) is 5.51. The molecule has 120 heavy (non-hydrogen) atoms. The minimum absolute atomic E-state index is 0.104. The second-order valence-electron chi connectivity index (χ2n) is 26.3. The Hall–Kier alpha value is -12.3. The van der Waals surface area contributed by atoms with E-state index >= 15 is 0 Å². The van der Waals surface area contributed by atoms with E-state index in [9.17, 15) is 81.9 Å². The topological polar surface area (TPSA) is 497 Å². The third kappa shape index (κ3) is 44.8. The maximum atomic E-state index is 13.0. The highest BCUT2D eigenvalue weighted by Gasteiger charge is 2.25. The Morgan fingerprint density at radius 2 is 0.692 bits per heavy atom. The van der Waals surface area contributed by atoms with E-state index in [0.717, 1.165) is 78.4 Å². The van der Waals surface area contributed by atoms with Gasteiger partial charge in [0, 0.05) is 64.1 Å². The molecule has 7 amide bonds. The normalized spacial score (nSPS) is 13.1. The number of alkyl halides is 3. The second-order valence-corrected chi connectivity index (χ2v) is 26.3. The van der Waals surface area contributed by atoms with E-state index in [-0.39, 0.29) is 71.9 Å². The number of rotatable bonds is 28. The Labute approximate surface area is 685 Å². The number of hydrogen-bond donors (Lipinski definition) is 14. The highest BCUT2D eigenvalue weighted by Crippen LogP contribution is 2.14. The van der Waals surface area contributed by atoms with Crippen molar-refractivity contribution in [3.05, 3.63) is 309 Å². The summed E-state index contributed by atoms with van der Waals surface area (Å²) in [6, 6.07) is 41.5. The molecule has 0 radical (unpaired) electrons. The number of aldehydes is 1. The summed E-state index contributed by atoms with van der Waals surface area (Å²) in [4.78, 5) is 96.7. The fourth-order valence-electron chi connectivity index (χ4n) is 9.85. The monoisotopic (exact) mass is 1690 g/mol. The zero-order valence-corrected chi connectivity index (χ0v) is 65.0. The van der Waals surface area contributed by atoms with Gasteiger partial charge in [0.05, 0.1) is 55.5 Å². The van der Waals surface area contributed by atoms with Crippen LogP contribution in [0.1, 0.15) is 50.1 Å². The Kier molecular flexibility index (Phi) is 47.0. The van der Waals surface area contributed by atoms with Gasteiger partial charge in [0.15, 0.2) is 11.6 Å². The Morgan fingerprint density at radius 3 is 1.03 bits per heavy atom. The number of carbonyl (C=O) groups excluding carboxylic acids is 8. The van der Waals surface area contributed by atoms with Gasteiger partial charge in [-0.3, -0.25) is 53.2 Å². The standard InChI is InChI=1S/C15H22FN3O2.2C15H16FN3O.C9H10F2N2O.3C9H11FN2O.C2HF3O/c16-13-3-1-12(2-4-13)11-14(17)15(20)18-5-6-19-7-9-21-10-8-19;2*16-13-3-1-11(2-4-13)9-14(17)15(20)19-10-12-5-7-18-8-6-12;10-6-2-1-5(3-7(6)11)4-8(12)9(13)14;10-7-3-1-6(2-4-7)5-8(11)9(12)13;10-7-3-1-2-6(4-7)5-8(11)9(12)13;10-7-4-2-1-3-6(7)5-8(11)9(12)13;3-2(4,5)1-6/h1-4,14H,5-11,17H2,(H,18,20);2*1-8,14H,9-10,17H2,(H,19,20);1-3,8H,4,12H2,(H2,13,14);3*1-4,8H,5,11H2,(H2,12,13);1H. The molecule has 10 rings (SSSR count). The first kappa shape index (κ1) is 102. The van der Waals surface area contributed by atoms with Crippen molar-refractivity contribution in [2.75, 3.05) is 39.4 Å². The molecule has 0 saturated carbocycles. The van der Waals surface area contributed by atoms with E-state index in [2.05, 4.69) is 30.8 Å². The number of morpholine rings is 1. The number of benzene rings is 7. The maximum absolute atomic E-state index is 13.0. The Morgan fingerprint density at radius 1 is 0.367 bits per heavy atom. The van der Waals surface area contributed by atoms with Crippen LogP contribution < -0.4 is 79.0 Å². The zero-order valence-electron chi connectivity index (χ0n) is 65.0. The van der Waals surface area contributed by atoms with Crippen LogP contribution in [0.15, 0.2) is 213 Å². The molecule has 7 atom stereocenters. The number of primary amides is 4. The van der Waals surface area contributed by atoms with Crippen molar-refractivity contribution in [1.82, 2.24) is 30.8 Å². The minimum Gasteiger partial charge on any atom is -0.379 e. The van der Waals surface area contributed by atoms with E-state index in [0.29, 0.717) is 62.0 Å². The highest BCUT2D eigenvalue weighted by atomic mass is 19.4. The smallest absolute Gasteiger partial charge is 0.379 e. The number of pyridine rings is 2. The molecule has 9 aromatic rings. The first-order chi connectivity index (χ1) is 56.8. The summed E-state index contributed by atoms with van der Waals surface area (Å²) in [5, 5.41) is 8.37. The first-order valence-corrected chi connectivity index (χ1v) is 36.6. The largest absolute Gasteiger partial charge is 0.446 e. The molecular formula is C83H98F11N17O9. The fourth-order valence-corrected chi connectivity index (χ4v) is 9.85. The molecule has 1 aliphatic rings. The van der Waals surface area contributed by atoms with Crippen LogP contribution in [0.4, 0.5) is 48.3 Å². The van der Waals surface area contributed by atoms with Gasteiger partial charge in [0.1, 0.15) is 34.9 Å². The van der Waals surface area contributed by atoms with Crippen LogP contribution in [-0.4, -0.2) is 150 Å². The number of hydrogen-bond acceptors (Lipinski definition) is 19. The number of nitrogens with two attached hydrogens (primary N) is 11. The second kappa shape index (κ2) is 55.4. The van der Waals surface area contributed by atoms with Crippen molar-refractivity contribution in [2.45, 2.75) is 107 Å². The van der Waals surface area contributed by atoms with Gasteiger partial charge in [-0.25, -0.2) is 35.1 Å². The molecule has 0 spiro atoms. The van der Waals surface area contributed by atoms with Crippen LogP contribution >= 0.6 is 0 Å². The van der Waals surface area contributed by atoms with E-state index in [1.165, 1.54) is 72.8 Å². The number of aromatic nitrogens is 2. The summed E-state index contributed by atoms with van der Waals surface area (Å²) >= 11 is 0. The van der Waals surface area contributed by atoms with Gasteiger partial charge >= 0.3 is 6.18 Å². The molecule has 25 N–H and O–H groups in total. The molecule has 1 aliphatic heterocycles. The molecule has 0 bridgehead atoms. The third-order valence-corrected chi connectivity index (χ3v) is 16.5. The molecule has 37 heteroatoms. The van der Waals surface area contributed by atoms with E-state index in [1.54, 1.807) is 104 Å². The highest BCUT2D eigenvalue weighted by molar-refractivity contribution is 5.83. The van der Waals surface area contributed by atoms with Crippen LogP contribution in [0, 0.1) is 46.5 Å². The Bertz CT molecular complexity index is 4450. The molecule has 646 valence electrons. The van der Waals surface area contributed by atoms with Crippen molar-refractivity contribution in [3.63, 3.8) is 0 Å². The lowest BCUT2D eigenvalue weighted by Crippen LogP contribution is -2.46. The SMILES string of the molecule is NC(=O)C(N)Cc1ccc(F)c(F)c1.NC(=O)C(N)Cc1ccc(F)cc1.NC(=O)C(N)Cc1cccc(F)c1.NC(=O)C(N)Cc1ccccc1F.NC(Cc1ccc(F)cc1)C(=O)NCCN1CCOCC1.NC(Cc1ccc(F)cc1)C(=O)NCc1ccncc1.NC(Cc1ccc(F)cc1)C(=O)NCc1ccncc1.O=CC(F)(F)F. The molecule has 2 aromatic heterocycles. The predicted octanol–water partition coefficient (Wildman–Crippen LogP) is 4.57. The molecule has 3 heterocycles. The maximum Gasteiger partial charge on any atom is 0.446 e. The number of nitrogens with one attached hydrogen (secondary N) is 3. The molecular weight excluding hydrogens is 1590 g/mol. The number of amides is 7. The van der Waals surface area contributed by atoms with Crippen molar-refractivity contribution >= 4 is 47.6 Å². The predicted molar refractivity (Wildman–Crippen MR) is 428 cm³/mol. The van der Waals surface area contributed by atoms with E-state index < -0.39 is 90.0 Å². The van der Waals surface area contributed by atoms with Gasteiger partial charge < -0.3 is 83.8 Å². The third-order valence-electron chi connectivity index (χ3n) is 16.5. The Balaban J connectivity index is 0.000000361. The van der Waals surface area contributed by atoms with Gasteiger partial charge in [-0.15, -0.1) is 0 Å². The first-order valence-electron chi connectivity index (χ1n) is 36.6. The quantitative estimate of drug-likeness (QED) is 0.0236. The van der Waals surface area contributed by atoms with Crippen LogP contribution in [0.25, 0.3) is 0 Å². The molecule has 1 saturated heterocycles. The summed E-state index contributed by atoms with van der Waals surface area (Å²) in [5.41, 5.74) is 65.6. The van der Waals surface area contributed by atoms with Crippen molar-refractivity contribution in [3.8, 4) is 0 Å². The van der Waals surface area contributed by atoms with Crippen molar-refractivity contribution in [2.24, 2.45) is 63.1 Å². The molecule has 1 fully saturated rings. The lowest BCUT2D eigenvalue weighted by molar-refractivity contribution is -0.156. The van der Waals surface area contributed by atoms with Crippen LogP contribution in [-0.2, 0) is 101 Å². The molecule has 26 nitrogen and oxygen atoms in total. The molecule has 0 aliphatic carbocycles. The fraction of sp³-hybridized carbons (Fsp3) is 0.277.